The summed E-state index contributed by atoms with van der Waals surface area (Å²) in [4.78, 5) is 17.1. The summed E-state index contributed by atoms with van der Waals surface area (Å²) in [5.74, 6) is 0.444. The second-order valence-electron chi connectivity index (χ2n) is 7.79. The van der Waals surface area contributed by atoms with Gasteiger partial charge in [0.05, 0.1) is 28.9 Å². The Morgan fingerprint density at radius 2 is 2.00 bits per heavy atom. The lowest BCUT2D eigenvalue weighted by molar-refractivity contribution is 0.594. The van der Waals surface area contributed by atoms with Crippen LogP contribution in [0.25, 0.3) is 22.3 Å². The van der Waals surface area contributed by atoms with E-state index in [4.69, 9.17) is 9.56 Å². The Balaban J connectivity index is 1.90. The smallest absolute Gasteiger partial charge is 0.257 e. The van der Waals surface area contributed by atoms with Crippen molar-refractivity contribution in [2.24, 2.45) is 12.2 Å². The van der Waals surface area contributed by atoms with Gasteiger partial charge in [-0.3, -0.25) is 9.48 Å². The highest BCUT2D eigenvalue weighted by Gasteiger charge is 2.22. The van der Waals surface area contributed by atoms with Crippen molar-refractivity contribution in [1.82, 2.24) is 14.8 Å². The summed E-state index contributed by atoms with van der Waals surface area (Å²) in [7, 11) is -2.23. The molecule has 0 aliphatic carbocycles. The van der Waals surface area contributed by atoms with Gasteiger partial charge in [-0.25, -0.2) is 18.5 Å². The van der Waals surface area contributed by atoms with Crippen LogP contribution in [-0.4, -0.2) is 23.2 Å². The van der Waals surface area contributed by atoms with Crippen LogP contribution < -0.4 is 15.9 Å². The normalized spacial score (nSPS) is 12.8. The number of fused-ring (bicyclic) bond motifs is 1. The first-order valence-electron chi connectivity index (χ1n) is 9.87. The van der Waals surface area contributed by atoms with Crippen molar-refractivity contribution < 1.29 is 12.8 Å². The molecule has 0 bridgehead atoms. The molecule has 3 heterocycles. The number of benzene rings is 1. The molecule has 32 heavy (non-hydrogen) atoms. The van der Waals surface area contributed by atoms with E-state index < -0.39 is 16.1 Å². The molecule has 1 unspecified atom stereocenters. The predicted molar refractivity (Wildman–Crippen MR) is 122 cm³/mol. The Kier molecular flexibility index (Phi) is 5.35. The van der Waals surface area contributed by atoms with E-state index in [2.05, 4.69) is 15.4 Å². The highest BCUT2D eigenvalue weighted by Crippen LogP contribution is 2.32. The van der Waals surface area contributed by atoms with E-state index in [1.54, 1.807) is 49.2 Å². The average molecular weight is 454 g/mol. The summed E-state index contributed by atoms with van der Waals surface area (Å²) in [6.45, 7) is 5.46. The summed E-state index contributed by atoms with van der Waals surface area (Å²) in [5, 5.41) is 12.8. The van der Waals surface area contributed by atoms with Gasteiger partial charge in [0.2, 0.25) is 0 Å². The minimum Gasteiger partial charge on any atom is -0.455 e. The summed E-state index contributed by atoms with van der Waals surface area (Å²) in [5.41, 5.74) is 3.32. The van der Waals surface area contributed by atoms with E-state index in [0.717, 1.165) is 5.56 Å². The number of nitrogens with one attached hydrogen (secondary N) is 1. The van der Waals surface area contributed by atoms with Crippen LogP contribution >= 0.6 is 0 Å². The van der Waals surface area contributed by atoms with Crippen molar-refractivity contribution in [2.45, 2.75) is 31.8 Å². The number of hydrogen-bond acceptors (Lipinski definition) is 7. The Morgan fingerprint density at radius 3 is 2.66 bits per heavy atom. The standard InChI is InChI=1S/C22H23N5O4S/c1-12-8-16(14(3)26-18-6-5-7-24-22(18)32(23,29)30)21-17(9-12)19(28)13(2)20(31-21)15-10-25-27(4)11-15/h5-11,14,26H,1-4H3,(H2,23,29,30). The zero-order valence-corrected chi connectivity index (χ0v) is 18.9. The van der Waals surface area contributed by atoms with E-state index in [9.17, 15) is 13.2 Å². The van der Waals surface area contributed by atoms with Crippen molar-refractivity contribution in [3.05, 3.63) is 69.8 Å². The third-order valence-electron chi connectivity index (χ3n) is 5.24. The van der Waals surface area contributed by atoms with Crippen molar-refractivity contribution in [3.63, 3.8) is 0 Å². The van der Waals surface area contributed by atoms with Crippen molar-refractivity contribution >= 4 is 26.7 Å². The van der Waals surface area contributed by atoms with Crippen LogP contribution in [0.3, 0.4) is 0 Å². The second-order valence-corrected chi connectivity index (χ2v) is 9.26. The molecular formula is C22H23N5O4S. The number of primary sulfonamides is 1. The number of hydrogen-bond donors (Lipinski definition) is 2. The highest BCUT2D eigenvalue weighted by molar-refractivity contribution is 7.89. The van der Waals surface area contributed by atoms with E-state index >= 15 is 0 Å². The molecule has 4 rings (SSSR count). The van der Waals surface area contributed by atoms with Crippen LogP contribution in [-0.2, 0) is 17.1 Å². The molecular weight excluding hydrogens is 430 g/mol. The number of anilines is 1. The van der Waals surface area contributed by atoms with Gasteiger partial charge in [0, 0.05) is 30.6 Å². The maximum Gasteiger partial charge on any atom is 0.257 e. The van der Waals surface area contributed by atoms with Gasteiger partial charge < -0.3 is 9.73 Å². The number of nitrogens with zero attached hydrogens (tertiary/aromatic N) is 3. The fourth-order valence-electron chi connectivity index (χ4n) is 3.74. The zero-order chi connectivity index (χ0) is 23.2. The van der Waals surface area contributed by atoms with E-state index in [1.807, 2.05) is 19.9 Å². The Hall–Kier alpha value is -3.50. The van der Waals surface area contributed by atoms with Gasteiger partial charge in [-0.05, 0) is 44.5 Å². The quantitative estimate of drug-likeness (QED) is 0.474. The molecule has 0 spiro atoms. The third-order valence-corrected chi connectivity index (χ3v) is 6.10. The Morgan fingerprint density at radius 1 is 1.25 bits per heavy atom. The molecule has 4 aromatic rings. The van der Waals surface area contributed by atoms with Crippen LogP contribution in [0.5, 0.6) is 0 Å². The molecule has 1 aromatic carbocycles. The topological polar surface area (TPSA) is 133 Å². The molecule has 0 saturated carbocycles. The molecule has 1 atom stereocenters. The first-order chi connectivity index (χ1) is 15.1. The largest absolute Gasteiger partial charge is 0.455 e. The molecule has 0 saturated heterocycles. The zero-order valence-electron chi connectivity index (χ0n) is 18.1. The van der Waals surface area contributed by atoms with Crippen LogP contribution in [0.4, 0.5) is 5.69 Å². The molecule has 10 heteroatoms. The number of sulfonamides is 1. The number of rotatable bonds is 5. The van der Waals surface area contributed by atoms with E-state index in [-0.39, 0.29) is 16.1 Å². The van der Waals surface area contributed by atoms with Crippen molar-refractivity contribution in [3.8, 4) is 11.3 Å². The van der Waals surface area contributed by atoms with Crippen molar-refractivity contribution in [1.29, 1.82) is 0 Å². The lowest BCUT2D eigenvalue weighted by Gasteiger charge is -2.19. The van der Waals surface area contributed by atoms with Crippen molar-refractivity contribution in [2.75, 3.05) is 5.32 Å². The number of aryl methyl sites for hydroxylation is 2. The van der Waals surface area contributed by atoms with Crippen LogP contribution in [0.2, 0.25) is 0 Å². The molecule has 0 amide bonds. The first kappa shape index (κ1) is 21.7. The number of nitrogens with two attached hydrogens (primary N) is 1. The highest BCUT2D eigenvalue weighted by atomic mass is 32.2. The lowest BCUT2D eigenvalue weighted by atomic mass is 9.99. The molecule has 166 valence electrons. The van der Waals surface area contributed by atoms with Crippen LogP contribution in [0.15, 0.2) is 57.1 Å². The number of pyridine rings is 1. The van der Waals surface area contributed by atoms with E-state index in [0.29, 0.717) is 33.4 Å². The molecule has 9 nitrogen and oxygen atoms in total. The summed E-state index contributed by atoms with van der Waals surface area (Å²) in [6.07, 6.45) is 4.78. The Labute approximate surface area is 184 Å². The monoisotopic (exact) mass is 453 g/mol. The summed E-state index contributed by atoms with van der Waals surface area (Å²) >= 11 is 0. The molecule has 0 aliphatic rings. The maximum atomic E-state index is 13.2. The summed E-state index contributed by atoms with van der Waals surface area (Å²) < 4.78 is 31.8. The first-order valence-corrected chi connectivity index (χ1v) is 11.4. The average Bonchev–Trinajstić information content (AvgIpc) is 3.16. The predicted octanol–water partition coefficient (Wildman–Crippen LogP) is 3.03. The molecule has 3 aromatic heterocycles. The van der Waals surface area contributed by atoms with Gasteiger partial charge >= 0.3 is 0 Å². The van der Waals surface area contributed by atoms with Crippen LogP contribution in [0.1, 0.15) is 29.7 Å². The van der Waals surface area contributed by atoms with Crippen LogP contribution in [0, 0.1) is 13.8 Å². The fourth-order valence-corrected chi connectivity index (χ4v) is 4.38. The van der Waals surface area contributed by atoms with E-state index in [1.165, 1.54) is 6.20 Å². The lowest BCUT2D eigenvalue weighted by Crippen LogP contribution is -2.18. The summed E-state index contributed by atoms with van der Waals surface area (Å²) in [6, 6.07) is 6.47. The molecule has 0 aliphatic heterocycles. The SMILES string of the molecule is Cc1cc(C(C)Nc2cccnc2S(N)(=O)=O)c2oc(-c3cnn(C)c3)c(C)c(=O)c2c1. The fraction of sp³-hybridized carbons (Fsp3) is 0.227. The van der Waals surface area contributed by atoms with Gasteiger partial charge in [-0.15, -0.1) is 0 Å². The van der Waals surface area contributed by atoms with Gasteiger partial charge in [0.15, 0.2) is 10.5 Å². The Bertz CT molecular complexity index is 1500. The molecule has 3 N–H and O–H groups in total. The second kappa shape index (κ2) is 7.88. The minimum absolute atomic E-state index is 0.131. The third kappa shape index (κ3) is 3.90. The maximum absolute atomic E-state index is 13.2. The minimum atomic E-state index is -4.02. The van der Waals surface area contributed by atoms with Gasteiger partial charge in [0.25, 0.3) is 10.0 Å². The van der Waals surface area contributed by atoms with Gasteiger partial charge in [-0.2, -0.15) is 5.10 Å². The number of aromatic nitrogens is 3. The van der Waals surface area contributed by atoms with Gasteiger partial charge in [-0.1, -0.05) is 6.07 Å². The van der Waals surface area contributed by atoms with Gasteiger partial charge in [0.1, 0.15) is 11.3 Å². The molecule has 0 fully saturated rings. The molecule has 0 radical (unpaired) electrons.